The van der Waals surface area contributed by atoms with Crippen LogP contribution in [0.2, 0.25) is 0 Å². The molecule has 3 nitrogen and oxygen atoms in total. The Balaban J connectivity index is 1.57. The van der Waals surface area contributed by atoms with E-state index in [2.05, 4.69) is 0 Å². The molecular weight excluding hydrogens is 202 g/mol. The van der Waals surface area contributed by atoms with Gasteiger partial charge in [0.15, 0.2) is 0 Å². The van der Waals surface area contributed by atoms with Gasteiger partial charge in [0.25, 0.3) is 0 Å². The lowest BCUT2D eigenvalue weighted by molar-refractivity contribution is 0.0559. The molecule has 0 aromatic heterocycles. The third-order valence-electron chi connectivity index (χ3n) is 3.96. The van der Waals surface area contributed by atoms with Crippen molar-refractivity contribution in [3.63, 3.8) is 0 Å². The fourth-order valence-electron chi connectivity index (χ4n) is 2.83. The van der Waals surface area contributed by atoms with Gasteiger partial charge in [-0.2, -0.15) is 0 Å². The maximum atomic E-state index is 6.24. The quantitative estimate of drug-likeness (QED) is 0.782. The van der Waals surface area contributed by atoms with Crippen LogP contribution in [0.15, 0.2) is 0 Å². The normalized spacial score (nSPS) is 29.4. The lowest BCUT2D eigenvalue weighted by Crippen LogP contribution is -2.34. The summed E-state index contributed by atoms with van der Waals surface area (Å²) in [4.78, 5) is 0. The first-order chi connectivity index (χ1) is 7.86. The van der Waals surface area contributed by atoms with Gasteiger partial charge in [-0.15, -0.1) is 0 Å². The summed E-state index contributed by atoms with van der Waals surface area (Å²) < 4.78 is 11.0. The molecule has 2 heterocycles. The third kappa shape index (κ3) is 3.72. The van der Waals surface area contributed by atoms with E-state index in [1.165, 1.54) is 25.7 Å². The minimum absolute atomic E-state index is 0.380. The van der Waals surface area contributed by atoms with Crippen LogP contribution in [0.1, 0.15) is 44.9 Å². The van der Waals surface area contributed by atoms with Crippen LogP contribution in [0.25, 0.3) is 0 Å². The first-order valence-electron chi connectivity index (χ1n) is 6.81. The van der Waals surface area contributed by atoms with Crippen molar-refractivity contribution in [1.82, 2.24) is 0 Å². The molecule has 0 spiro atoms. The maximum absolute atomic E-state index is 6.24. The van der Waals surface area contributed by atoms with E-state index in [0.29, 0.717) is 18.1 Å². The molecule has 0 bridgehead atoms. The molecule has 0 aliphatic carbocycles. The van der Waals surface area contributed by atoms with Gasteiger partial charge in [-0.25, -0.2) is 0 Å². The molecule has 2 atom stereocenters. The Morgan fingerprint density at radius 2 is 1.94 bits per heavy atom. The van der Waals surface area contributed by atoms with Crippen LogP contribution in [0.4, 0.5) is 0 Å². The Morgan fingerprint density at radius 3 is 2.62 bits per heavy atom. The molecule has 2 aliphatic rings. The van der Waals surface area contributed by atoms with Crippen LogP contribution in [0.5, 0.6) is 0 Å². The second kappa shape index (κ2) is 6.58. The van der Waals surface area contributed by atoms with Gasteiger partial charge in [0, 0.05) is 25.9 Å². The molecule has 3 heteroatoms. The minimum atomic E-state index is 0.380. The van der Waals surface area contributed by atoms with E-state index in [1.807, 2.05) is 0 Å². The van der Waals surface area contributed by atoms with Gasteiger partial charge in [-0.05, 0) is 50.9 Å². The molecule has 2 unspecified atom stereocenters. The van der Waals surface area contributed by atoms with E-state index in [9.17, 15) is 0 Å². The predicted molar refractivity (Wildman–Crippen MR) is 64.3 cm³/mol. The number of hydrogen-bond donors (Lipinski definition) is 1. The van der Waals surface area contributed by atoms with Gasteiger partial charge in [-0.3, -0.25) is 0 Å². The Kier molecular flexibility index (Phi) is 5.07. The van der Waals surface area contributed by atoms with Crippen molar-refractivity contribution in [2.24, 2.45) is 11.7 Å². The van der Waals surface area contributed by atoms with E-state index in [0.717, 1.165) is 39.1 Å². The zero-order valence-electron chi connectivity index (χ0n) is 10.2. The molecule has 0 aromatic carbocycles. The van der Waals surface area contributed by atoms with Crippen molar-refractivity contribution >= 4 is 0 Å². The first-order valence-corrected chi connectivity index (χ1v) is 6.81. The number of nitrogens with two attached hydrogens (primary N) is 1. The highest BCUT2D eigenvalue weighted by atomic mass is 16.5. The van der Waals surface area contributed by atoms with Gasteiger partial charge in [0.2, 0.25) is 0 Å². The van der Waals surface area contributed by atoms with E-state index in [1.54, 1.807) is 0 Å². The number of rotatable bonds is 5. The van der Waals surface area contributed by atoms with E-state index >= 15 is 0 Å². The maximum Gasteiger partial charge on any atom is 0.0576 e. The minimum Gasteiger partial charge on any atom is -0.381 e. The highest BCUT2D eigenvalue weighted by Crippen LogP contribution is 2.23. The second-order valence-corrected chi connectivity index (χ2v) is 5.18. The van der Waals surface area contributed by atoms with Crippen molar-refractivity contribution in [1.29, 1.82) is 0 Å². The van der Waals surface area contributed by atoms with Crippen LogP contribution in [-0.4, -0.2) is 32.0 Å². The standard InChI is InChI=1S/C13H25NO2/c14-13(11-6-9-15-10-7-11)5-1-3-12-4-2-8-16-12/h11-13H,1-10,14H2. The summed E-state index contributed by atoms with van der Waals surface area (Å²) in [5.41, 5.74) is 6.24. The molecule has 0 aromatic rings. The van der Waals surface area contributed by atoms with Crippen molar-refractivity contribution < 1.29 is 9.47 Å². The van der Waals surface area contributed by atoms with Crippen LogP contribution in [0, 0.1) is 5.92 Å². The van der Waals surface area contributed by atoms with Crippen LogP contribution < -0.4 is 5.73 Å². The molecular formula is C13H25NO2. The number of ether oxygens (including phenoxy) is 2. The van der Waals surface area contributed by atoms with Crippen molar-refractivity contribution in [3.8, 4) is 0 Å². The summed E-state index contributed by atoms with van der Waals surface area (Å²) in [6, 6.07) is 0.380. The van der Waals surface area contributed by atoms with Gasteiger partial charge < -0.3 is 15.2 Å². The molecule has 0 radical (unpaired) electrons. The summed E-state index contributed by atoms with van der Waals surface area (Å²) in [6.45, 7) is 2.78. The van der Waals surface area contributed by atoms with Gasteiger partial charge >= 0.3 is 0 Å². The zero-order valence-corrected chi connectivity index (χ0v) is 10.2. The Labute approximate surface area is 98.7 Å². The Hall–Kier alpha value is -0.120. The summed E-state index contributed by atoms with van der Waals surface area (Å²) in [7, 11) is 0. The largest absolute Gasteiger partial charge is 0.381 e. The zero-order chi connectivity index (χ0) is 11.2. The van der Waals surface area contributed by atoms with Crippen molar-refractivity contribution in [2.75, 3.05) is 19.8 Å². The fraction of sp³-hybridized carbons (Fsp3) is 1.00. The molecule has 94 valence electrons. The molecule has 0 saturated carbocycles. The van der Waals surface area contributed by atoms with E-state index in [-0.39, 0.29) is 0 Å². The molecule has 2 N–H and O–H groups in total. The lowest BCUT2D eigenvalue weighted by Gasteiger charge is -2.27. The monoisotopic (exact) mass is 227 g/mol. The van der Waals surface area contributed by atoms with Crippen LogP contribution in [0.3, 0.4) is 0 Å². The van der Waals surface area contributed by atoms with Crippen molar-refractivity contribution in [3.05, 3.63) is 0 Å². The number of hydrogen-bond acceptors (Lipinski definition) is 3. The molecule has 0 amide bonds. The van der Waals surface area contributed by atoms with Crippen molar-refractivity contribution in [2.45, 2.75) is 57.1 Å². The van der Waals surface area contributed by atoms with E-state index < -0.39 is 0 Å². The predicted octanol–water partition coefficient (Wildman–Crippen LogP) is 2.09. The van der Waals surface area contributed by atoms with Gasteiger partial charge in [0.1, 0.15) is 0 Å². The highest BCUT2D eigenvalue weighted by Gasteiger charge is 2.21. The molecule has 2 aliphatic heterocycles. The van der Waals surface area contributed by atoms with Gasteiger partial charge in [-0.1, -0.05) is 0 Å². The Morgan fingerprint density at radius 1 is 1.12 bits per heavy atom. The highest BCUT2D eigenvalue weighted by molar-refractivity contribution is 4.76. The molecule has 2 rings (SSSR count). The summed E-state index contributed by atoms with van der Waals surface area (Å²) in [5.74, 6) is 0.693. The van der Waals surface area contributed by atoms with Crippen LogP contribution >= 0.6 is 0 Å². The Bertz CT molecular complexity index is 186. The third-order valence-corrected chi connectivity index (χ3v) is 3.96. The molecule has 2 saturated heterocycles. The summed E-state index contributed by atoms with van der Waals surface area (Å²) >= 11 is 0. The lowest BCUT2D eigenvalue weighted by atomic mass is 9.89. The average Bonchev–Trinajstić information content (AvgIpc) is 2.83. The average molecular weight is 227 g/mol. The summed E-state index contributed by atoms with van der Waals surface area (Å²) in [5, 5.41) is 0. The molecule has 16 heavy (non-hydrogen) atoms. The fourth-order valence-corrected chi connectivity index (χ4v) is 2.83. The summed E-state index contributed by atoms with van der Waals surface area (Å²) in [6.07, 6.45) is 8.93. The van der Waals surface area contributed by atoms with Crippen LogP contribution in [-0.2, 0) is 9.47 Å². The molecule has 2 fully saturated rings. The van der Waals surface area contributed by atoms with E-state index in [4.69, 9.17) is 15.2 Å². The second-order valence-electron chi connectivity index (χ2n) is 5.18. The van der Waals surface area contributed by atoms with Gasteiger partial charge in [0.05, 0.1) is 6.10 Å². The smallest absolute Gasteiger partial charge is 0.0576 e. The SMILES string of the molecule is NC(CCCC1CCCO1)C1CCOCC1. The first kappa shape index (κ1) is 12.3. The topological polar surface area (TPSA) is 44.5 Å².